The van der Waals surface area contributed by atoms with Crippen molar-refractivity contribution in [3.05, 3.63) is 46.0 Å². The summed E-state index contributed by atoms with van der Waals surface area (Å²) < 4.78 is 20.0. The van der Waals surface area contributed by atoms with Gasteiger partial charge in [-0.1, -0.05) is 16.8 Å². The van der Waals surface area contributed by atoms with Crippen molar-refractivity contribution in [2.75, 3.05) is 13.7 Å². The number of benzene rings is 1. The van der Waals surface area contributed by atoms with Crippen LogP contribution in [-0.4, -0.2) is 39.8 Å². The summed E-state index contributed by atoms with van der Waals surface area (Å²) in [7, 11) is 1.51. The third kappa shape index (κ3) is 3.56. The number of methoxy groups -OCH3 is 1. The van der Waals surface area contributed by atoms with Crippen LogP contribution in [0.3, 0.4) is 0 Å². The molecule has 0 atom stereocenters. The van der Waals surface area contributed by atoms with E-state index in [1.54, 1.807) is 0 Å². The van der Waals surface area contributed by atoms with Gasteiger partial charge in [-0.05, 0) is 18.2 Å². The Morgan fingerprint density at radius 1 is 1.52 bits per heavy atom. The fourth-order valence-electron chi connectivity index (χ4n) is 1.90. The highest BCUT2D eigenvalue weighted by Gasteiger charge is 2.19. The highest BCUT2D eigenvalue weighted by Crippen LogP contribution is 2.17. The lowest BCUT2D eigenvalue weighted by molar-refractivity contribution is 0.0688. The lowest BCUT2D eigenvalue weighted by Crippen LogP contribution is -2.12. The number of nitrogens with zero attached hydrogens (tertiary/aromatic N) is 3. The molecule has 2 aromatic rings. The third-order valence-electron chi connectivity index (χ3n) is 2.91. The van der Waals surface area contributed by atoms with Crippen LogP contribution >= 0.6 is 11.6 Å². The molecule has 0 aliphatic heterocycles. The van der Waals surface area contributed by atoms with Crippen LogP contribution in [0.25, 0.3) is 0 Å². The number of aromatic carboxylic acids is 1. The van der Waals surface area contributed by atoms with Crippen molar-refractivity contribution in [2.45, 2.75) is 13.0 Å². The maximum Gasteiger partial charge on any atom is 0.358 e. The summed E-state index contributed by atoms with van der Waals surface area (Å²) in [6.45, 7) is 0.359. The zero-order valence-corrected chi connectivity index (χ0v) is 12.0. The second kappa shape index (κ2) is 6.64. The topological polar surface area (TPSA) is 77.2 Å². The molecule has 2 rings (SSSR count). The Hall–Kier alpha value is -1.99. The van der Waals surface area contributed by atoms with Gasteiger partial charge in [-0.25, -0.2) is 13.9 Å². The first-order valence-corrected chi connectivity index (χ1v) is 6.49. The zero-order chi connectivity index (χ0) is 15.4. The van der Waals surface area contributed by atoms with Crippen LogP contribution in [0.4, 0.5) is 4.39 Å². The van der Waals surface area contributed by atoms with Gasteiger partial charge < -0.3 is 9.84 Å². The Balaban J connectivity index is 2.34. The van der Waals surface area contributed by atoms with Crippen molar-refractivity contribution in [1.82, 2.24) is 15.0 Å². The standard InChI is InChI=1S/C13H13ClFN3O3/c1-21-5-4-11-12(13(19)20)16-17-18(11)7-8-6-9(14)2-3-10(8)15/h2-3,6H,4-5,7H2,1H3,(H,19,20). The van der Waals surface area contributed by atoms with Crippen molar-refractivity contribution < 1.29 is 19.0 Å². The fourth-order valence-corrected chi connectivity index (χ4v) is 2.09. The average Bonchev–Trinajstić information content (AvgIpc) is 2.83. The molecule has 8 heteroatoms. The van der Waals surface area contributed by atoms with Crippen molar-refractivity contribution in [2.24, 2.45) is 0 Å². The molecule has 0 saturated carbocycles. The second-order valence-corrected chi connectivity index (χ2v) is 4.76. The van der Waals surface area contributed by atoms with Gasteiger partial charge in [0.25, 0.3) is 0 Å². The van der Waals surface area contributed by atoms with E-state index in [2.05, 4.69) is 10.3 Å². The number of hydrogen-bond acceptors (Lipinski definition) is 4. The molecule has 21 heavy (non-hydrogen) atoms. The van der Waals surface area contributed by atoms with E-state index in [0.717, 1.165) is 0 Å². The molecule has 0 saturated heterocycles. The van der Waals surface area contributed by atoms with E-state index in [1.165, 1.54) is 30.0 Å². The molecule has 0 radical (unpaired) electrons. The van der Waals surface area contributed by atoms with Crippen molar-refractivity contribution in [3.8, 4) is 0 Å². The maximum absolute atomic E-state index is 13.7. The summed E-state index contributed by atoms with van der Waals surface area (Å²) in [6.07, 6.45) is 0.313. The largest absolute Gasteiger partial charge is 0.476 e. The van der Waals surface area contributed by atoms with Crippen LogP contribution in [-0.2, 0) is 17.7 Å². The molecular weight excluding hydrogens is 301 g/mol. The summed E-state index contributed by atoms with van der Waals surface area (Å²) in [4.78, 5) is 11.1. The molecule has 0 bridgehead atoms. The Bertz CT molecular complexity index is 660. The SMILES string of the molecule is COCCc1c(C(=O)O)nnn1Cc1cc(Cl)ccc1F. The lowest BCUT2D eigenvalue weighted by Gasteiger charge is -2.08. The highest BCUT2D eigenvalue weighted by atomic mass is 35.5. The van der Waals surface area contributed by atoms with E-state index in [-0.39, 0.29) is 12.2 Å². The van der Waals surface area contributed by atoms with Gasteiger partial charge in [0, 0.05) is 24.1 Å². The number of aromatic nitrogens is 3. The van der Waals surface area contributed by atoms with E-state index < -0.39 is 11.8 Å². The van der Waals surface area contributed by atoms with E-state index in [0.29, 0.717) is 29.3 Å². The van der Waals surface area contributed by atoms with Crippen LogP contribution in [0.2, 0.25) is 5.02 Å². The summed E-state index contributed by atoms with van der Waals surface area (Å²) in [6, 6.07) is 4.16. The van der Waals surface area contributed by atoms with Gasteiger partial charge in [-0.2, -0.15) is 0 Å². The monoisotopic (exact) mass is 313 g/mol. The number of ether oxygens (including phenoxy) is 1. The molecule has 1 N–H and O–H groups in total. The summed E-state index contributed by atoms with van der Waals surface area (Å²) in [5.41, 5.74) is 0.529. The molecule has 1 aromatic heterocycles. The van der Waals surface area contributed by atoms with Crippen molar-refractivity contribution >= 4 is 17.6 Å². The molecule has 112 valence electrons. The number of carboxylic acids is 1. The Morgan fingerprint density at radius 2 is 2.29 bits per heavy atom. The first kappa shape index (κ1) is 15.4. The van der Waals surface area contributed by atoms with Crippen molar-refractivity contribution in [3.63, 3.8) is 0 Å². The predicted octanol–water partition coefficient (Wildman–Crippen LogP) is 2.01. The van der Waals surface area contributed by atoms with Gasteiger partial charge in [0.2, 0.25) is 0 Å². The molecule has 6 nitrogen and oxygen atoms in total. The maximum atomic E-state index is 13.7. The first-order chi connectivity index (χ1) is 10.0. The van der Waals surface area contributed by atoms with E-state index >= 15 is 0 Å². The van der Waals surface area contributed by atoms with Gasteiger partial charge in [-0.3, -0.25) is 0 Å². The first-order valence-electron chi connectivity index (χ1n) is 6.11. The second-order valence-electron chi connectivity index (χ2n) is 4.33. The molecule has 0 unspecified atom stereocenters. The minimum Gasteiger partial charge on any atom is -0.476 e. The molecular formula is C13H13ClFN3O3. The van der Waals surface area contributed by atoms with E-state index in [9.17, 15) is 9.18 Å². The molecule has 0 spiro atoms. The minimum atomic E-state index is -1.18. The van der Waals surface area contributed by atoms with Crippen LogP contribution in [0, 0.1) is 5.82 Å². The fraction of sp³-hybridized carbons (Fsp3) is 0.308. The van der Waals surface area contributed by atoms with Gasteiger partial charge in [0.05, 0.1) is 18.8 Å². The lowest BCUT2D eigenvalue weighted by atomic mass is 10.2. The van der Waals surface area contributed by atoms with Crippen molar-refractivity contribution in [1.29, 1.82) is 0 Å². The van der Waals surface area contributed by atoms with Gasteiger partial charge in [-0.15, -0.1) is 5.10 Å². The summed E-state index contributed by atoms with van der Waals surface area (Å²) in [5.74, 6) is -1.62. The molecule has 0 fully saturated rings. The van der Waals surface area contributed by atoms with Crippen LogP contribution in [0.1, 0.15) is 21.7 Å². The number of rotatable bonds is 6. The van der Waals surface area contributed by atoms with Gasteiger partial charge in [0.1, 0.15) is 5.82 Å². The van der Waals surface area contributed by atoms with E-state index in [1.807, 2.05) is 0 Å². The number of halogens is 2. The average molecular weight is 314 g/mol. The quantitative estimate of drug-likeness (QED) is 0.882. The van der Waals surface area contributed by atoms with Crippen LogP contribution in [0.5, 0.6) is 0 Å². The third-order valence-corrected chi connectivity index (χ3v) is 3.15. The van der Waals surface area contributed by atoms with Crippen LogP contribution < -0.4 is 0 Å². The highest BCUT2D eigenvalue weighted by molar-refractivity contribution is 6.30. The number of hydrogen-bond donors (Lipinski definition) is 1. The zero-order valence-electron chi connectivity index (χ0n) is 11.2. The Kier molecular flexibility index (Phi) is 4.87. The predicted molar refractivity (Wildman–Crippen MR) is 73.1 cm³/mol. The van der Waals surface area contributed by atoms with Crippen LogP contribution in [0.15, 0.2) is 18.2 Å². The Labute approximate surface area is 125 Å². The van der Waals surface area contributed by atoms with Gasteiger partial charge in [0.15, 0.2) is 5.69 Å². The molecule has 0 aliphatic carbocycles. The normalized spacial score (nSPS) is 10.8. The summed E-state index contributed by atoms with van der Waals surface area (Å²) >= 11 is 5.84. The van der Waals surface area contributed by atoms with E-state index in [4.69, 9.17) is 21.4 Å². The smallest absolute Gasteiger partial charge is 0.358 e. The molecule has 0 amide bonds. The number of carbonyl (C=O) groups is 1. The molecule has 1 aromatic carbocycles. The minimum absolute atomic E-state index is 0.0473. The van der Waals surface area contributed by atoms with Gasteiger partial charge >= 0.3 is 5.97 Å². The molecule has 1 heterocycles. The Morgan fingerprint density at radius 3 is 2.95 bits per heavy atom. The summed E-state index contributed by atoms with van der Waals surface area (Å²) in [5, 5.41) is 16.9. The number of carboxylic acid groups (broad SMARTS) is 1. The molecule has 0 aliphatic rings.